The van der Waals surface area contributed by atoms with Crippen molar-refractivity contribution in [1.29, 1.82) is 0 Å². The fourth-order valence-electron chi connectivity index (χ4n) is 3.69. The van der Waals surface area contributed by atoms with E-state index in [9.17, 15) is 9.59 Å². The highest BCUT2D eigenvalue weighted by atomic mass is 35.5. The van der Waals surface area contributed by atoms with Gasteiger partial charge in [-0.15, -0.1) is 0 Å². The van der Waals surface area contributed by atoms with Crippen molar-refractivity contribution in [3.8, 4) is 11.5 Å². The molecule has 0 saturated carbocycles. The molecule has 1 aliphatic rings. The van der Waals surface area contributed by atoms with Gasteiger partial charge in [-0.2, -0.15) is 0 Å². The molecule has 0 fully saturated rings. The first-order chi connectivity index (χ1) is 15.8. The molecule has 6 nitrogen and oxygen atoms in total. The van der Waals surface area contributed by atoms with E-state index in [4.69, 9.17) is 32.7 Å². The largest absolute Gasteiger partial charge is 0.454 e. The smallest absolute Gasteiger partial charge is 0.242 e. The van der Waals surface area contributed by atoms with Crippen molar-refractivity contribution >= 4 is 35.0 Å². The normalized spacial score (nSPS) is 13.2. The maximum absolute atomic E-state index is 13.4. The molecule has 8 heteroatoms. The molecule has 1 heterocycles. The van der Waals surface area contributed by atoms with Crippen LogP contribution in [0.4, 0.5) is 0 Å². The van der Waals surface area contributed by atoms with Crippen LogP contribution < -0.4 is 14.8 Å². The highest BCUT2D eigenvalue weighted by Crippen LogP contribution is 2.33. The summed E-state index contributed by atoms with van der Waals surface area (Å²) in [5.41, 5.74) is 1.59. The number of rotatable bonds is 10. The number of halogens is 2. The van der Waals surface area contributed by atoms with Gasteiger partial charge in [0.2, 0.25) is 18.6 Å². The van der Waals surface area contributed by atoms with Crippen LogP contribution in [-0.4, -0.2) is 36.1 Å². The van der Waals surface area contributed by atoms with E-state index >= 15 is 0 Å². The molecule has 1 atom stereocenters. The third-order valence-corrected chi connectivity index (χ3v) is 6.23. The number of benzene rings is 2. The van der Waals surface area contributed by atoms with Crippen LogP contribution in [0.3, 0.4) is 0 Å². The second-order valence-corrected chi connectivity index (χ2v) is 9.29. The monoisotopic (exact) mass is 492 g/mol. The van der Waals surface area contributed by atoms with Gasteiger partial charge in [0, 0.05) is 35.1 Å². The Bertz CT molecular complexity index is 976. The Morgan fingerprint density at radius 2 is 1.79 bits per heavy atom. The average Bonchev–Trinajstić information content (AvgIpc) is 3.25. The Balaban J connectivity index is 1.80. The molecule has 0 spiro atoms. The summed E-state index contributed by atoms with van der Waals surface area (Å²) in [5.74, 6) is 1.37. The SMILES string of the molecule is CCC(C(=O)NCC(C)C)N(Cc1c(Cl)cccc1Cl)C(=O)CCc1ccc2c(c1)OCO2. The number of nitrogens with zero attached hydrogens (tertiary/aromatic N) is 1. The maximum Gasteiger partial charge on any atom is 0.242 e. The minimum Gasteiger partial charge on any atom is -0.454 e. The van der Waals surface area contributed by atoms with Crippen LogP contribution in [0.5, 0.6) is 11.5 Å². The summed E-state index contributed by atoms with van der Waals surface area (Å²) >= 11 is 12.8. The van der Waals surface area contributed by atoms with Crippen LogP contribution in [0.25, 0.3) is 0 Å². The fourth-order valence-corrected chi connectivity index (χ4v) is 4.20. The molecule has 2 aromatic carbocycles. The summed E-state index contributed by atoms with van der Waals surface area (Å²) in [6, 6.07) is 10.3. The second kappa shape index (κ2) is 11.6. The van der Waals surface area contributed by atoms with Crippen molar-refractivity contribution in [2.75, 3.05) is 13.3 Å². The van der Waals surface area contributed by atoms with Crippen LogP contribution in [-0.2, 0) is 22.6 Å². The maximum atomic E-state index is 13.4. The van der Waals surface area contributed by atoms with Crippen LogP contribution in [0.15, 0.2) is 36.4 Å². The molecule has 0 bridgehead atoms. The van der Waals surface area contributed by atoms with E-state index in [0.29, 0.717) is 52.4 Å². The van der Waals surface area contributed by atoms with Gasteiger partial charge in [-0.3, -0.25) is 9.59 Å². The zero-order valence-electron chi connectivity index (χ0n) is 19.2. The van der Waals surface area contributed by atoms with Gasteiger partial charge in [0.1, 0.15) is 6.04 Å². The van der Waals surface area contributed by atoms with Crippen LogP contribution in [0.2, 0.25) is 10.0 Å². The van der Waals surface area contributed by atoms with E-state index in [1.165, 1.54) is 0 Å². The molecule has 0 aromatic heterocycles. The number of nitrogens with one attached hydrogen (secondary N) is 1. The lowest BCUT2D eigenvalue weighted by atomic mass is 10.1. The first-order valence-corrected chi connectivity index (χ1v) is 11.9. The Kier molecular flexibility index (Phi) is 8.87. The van der Waals surface area contributed by atoms with Gasteiger partial charge >= 0.3 is 0 Å². The third-order valence-electron chi connectivity index (χ3n) is 5.53. The predicted molar refractivity (Wildman–Crippen MR) is 130 cm³/mol. The number of carbonyl (C=O) groups is 2. The Morgan fingerprint density at radius 3 is 2.45 bits per heavy atom. The molecule has 1 N–H and O–H groups in total. The molecule has 33 heavy (non-hydrogen) atoms. The number of fused-ring (bicyclic) bond motifs is 1. The van der Waals surface area contributed by atoms with Gasteiger partial charge in [0.25, 0.3) is 0 Å². The lowest BCUT2D eigenvalue weighted by Crippen LogP contribution is -2.49. The summed E-state index contributed by atoms with van der Waals surface area (Å²) in [5, 5.41) is 3.89. The number of hydrogen-bond acceptors (Lipinski definition) is 4. The molecular weight excluding hydrogens is 463 g/mol. The van der Waals surface area contributed by atoms with Crippen molar-refractivity contribution < 1.29 is 19.1 Å². The number of amides is 2. The van der Waals surface area contributed by atoms with E-state index in [1.54, 1.807) is 23.1 Å². The lowest BCUT2D eigenvalue weighted by Gasteiger charge is -2.31. The number of hydrogen-bond donors (Lipinski definition) is 1. The van der Waals surface area contributed by atoms with Crippen molar-refractivity contribution in [3.05, 3.63) is 57.6 Å². The predicted octanol–water partition coefficient (Wildman–Crippen LogP) is 5.23. The second-order valence-electron chi connectivity index (χ2n) is 8.47. The van der Waals surface area contributed by atoms with Gasteiger partial charge in [-0.25, -0.2) is 0 Å². The summed E-state index contributed by atoms with van der Waals surface area (Å²) in [7, 11) is 0. The number of ether oxygens (including phenoxy) is 2. The van der Waals surface area contributed by atoms with E-state index in [2.05, 4.69) is 5.32 Å². The first kappa shape index (κ1) is 25.2. The number of aryl methyl sites for hydroxylation is 1. The van der Waals surface area contributed by atoms with E-state index in [1.807, 2.05) is 39.0 Å². The van der Waals surface area contributed by atoms with Gasteiger partial charge < -0.3 is 19.7 Å². The van der Waals surface area contributed by atoms with Crippen molar-refractivity contribution in [2.45, 2.75) is 52.6 Å². The summed E-state index contributed by atoms with van der Waals surface area (Å²) < 4.78 is 10.8. The molecule has 2 aromatic rings. The molecular formula is C25H30Cl2N2O4. The lowest BCUT2D eigenvalue weighted by molar-refractivity contribution is -0.141. The van der Waals surface area contributed by atoms with Gasteiger partial charge in [0.15, 0.2) is 11.5 Å². The minimum atomic E-state index is -0.625. The molecule has 3 rings (SSSR count). The fraction of sp³-hybridized carbons (Fsp3) is 0.440. The van der Waals surface area contributed by atoms with Crippen molar-refractivity contribution in [1.82, 2.24) is 10.2 Å². The average molecular weight is 493 g/mol. The van der Waals surface area contributed by atoms with Crippen molar-refractivity contribution in [3.63, 3.8) is 0 Å². The Labute approximate surface area is 205 Å². The standard InChI is InChI=1S/C25H30Cl2N2O4/c1-4-21(25(31)28-13-16(2)3)29(14-18-19(26)6-5-7-20(18)27)24(30)11-9-17-8-10-22-23(12-17)33-15-32-22/h5-8,10,12,16,21H,4,9,11,13-15H2,1-3H3,(H,28,31). The van der Waals surface area contributed by atoms with Crippen molar-refractivity contribution in [2.24, 2.45) is 5.92 Å². The van der Waals surface area contributed by atoms with E-state index in [-0.39, 0.29) is 31.6 Å². The van der Waals surface area contributed by atoms with Crippen LogP contribution in [0, 0.1) is 5.92 Å². The molecule has 2 amide bonds. The first-order valence-electron chi connectivity index (χ1n) is 11.2. The van der Waals surface area contributed by atoms with Gasteiger partial charge in [-0.1, -0.05) is 56.1 Å². The molecule has 1 unspecified atom stereocenters. The van der Waals surface area contributed by atoms with E-state index < -0.39 is 6.04 Å². The van der Waals surface area contributed by atoms with Gasteiger partial charge in [0.05, 0.1) is 0 Å². The third kappa shape index (κ3) is 6.55. The van der Waals surface area contributed by atoms with Gasteiger partial charge in [-0.05, 0) is 48.6 Å². The Morgan fingerprint density at radius 1 is 1.09 bits per heavy atom. The quantitative estimate of drug-likeness (QED) is 0.492. The minimum absolute atomic E-state index is 0.143. The van der Waals surface area contributed by atoms with Crippen LogP contribution in [0.1, 0.15) is 44.7 Å². The summed E-state index contributed by atoms with van der Waals surface area (Å²) in [6.07, 6.45) is 1.21. The van der Waals surface area contributed by atoms with Crippen LogP contribution >= 0.6 is 23.2 Å². The molecule has 0 radical (unpaired) electrons. The highest BCUT2D eigenvalue weighted by molar-refractivity contribution is 6.36. The molecule has 178 valence electrons. The highest BCUT2D eigenvalue weighted by Gasteiger charge is 2.29. The zero-order valence-corrected chi connectivity index (χ0v) is 20.7. The topological polar surface area (TPSA) is 67.9 Å². The summed E-state index contributed by atoms with van der Waals surface area (Å²) in [6.45, 7) is 6.85. The molecule has 1 aliphatic heterocycles. The molecule has 0 aliphatic carbocycles. The molecule has 0 saturated heterocycles. The zero-order chi connectivity index (χ0) is 24.0. The summed E-state index contributed by atoms with van der Waals surface area (Å²) in [4.78, 5) is 28.0. The Hall–Kier alpha value is -2.44. The van der Waals surface area contributed by atoms with E-state index in [0.717, 1.165) is 5.56 Å². The number of carbonyl (C=O) groups excluding carboxylic acids is 2.